The third kappa shape index (κ3) is 4.23. The Balaban J connectivity index is 1.73. The molecule has 2 fully saturated rings. The first-order valence-corrected chi connectivity index (χ1v) is 11.8. The summed E-state index contributed by atoms with van der Waals surface area (Å²) in [7, 11) is 0. The molecule has 0 aliphatic heterocycles. The van der Waals surface area contributed by atoms with Gasteiger partial charge in [0.2, 0.25) is 0 Å². The summed E-state index contributed by atoms with van der Waals surface area (Å²) in [5, 5.41) is 23.2. The lowest BCUT2D eigenvalue weighted by atomic mass is 9.45. The third-order valence-electron chi connectivity index (χ3n) is 8.37. The molecule has 0 spiro atoms. The quantitative estimate of drug-likeness (QED) is 0.572. The number of Topliss-reactive ketones (excluding diaryl/α,β-unsaturated/α-hetero) is 1. The number of ketones is 1. The number of rotatable bonds is 4. The first kappa shape index (κ1) is 23.3. The number of phenolic OH excluding ortho intramolecular Hbond substituents is 2. The summed E-state index contributed by atoms with van der Waals surface area (Å²) in [4.78, 5) is 30.9. The summed E-state index contributed by atoms with van der Waals surface area (Å²) in [5.74, 6) is -0.709. The lowest BCUT2D eigenvalue weighted by molar-refractivity contribution is -0.0902. The topological polar surface area (TPSA) is 99.5 Å². The highest BCUT2D eigenvalue weighted by Gasteiger charge is 2.58. The number of hydrogen-bond acceptors (Lipinski definition) is 5. The number of aromatic hydroxyl groups is 2. The second-order valence-electron chi connectivity index (χ2n) is 10.9. The summed E-state index contributed by atoms with van der Waals surface area (Å²) in [6, 6.07) is 7.31. The minimum Gasteiger partial charge on any atom is -0.508 e. The summed E-state index contributed by atoms with van der Waals surface area (Å²) in [6.07, 6.45) is 7.09. The van der Waals surface area contributed by atoms with Gasteiger partial charge in [0.1, 0.15) is 11.5 Å². The smallest absolute Gasteiger partial charge is 0.251 e. The van der Waals surface area contributed by atoms with Gasteiger partial charge < -0.3 is 15.5 Å². The lowest BCUT2D eigenvalue weighted by Crippen LogP contribution is -2.60. The Morgan fingerprint density at radius 3 is 2.27 bits per heavy atom. The maximum atomic E-state index is 13.9. The van der Waals surface area contributed by atoms with Crippen LogP contribution >= 0.6 is 0 Å². The summed E-state index contributed by atoms with van der Waals surface area (Å²) in [6.45, 7) is 8.82. The fourth-order valence-electron chi connectivity index (χ4n) is 6.83. The van der Waals surface area contributed by atoms with Crippen molar-refractivity contribution in [1.29, 1.82) is 0 Å². The van der Waals surface area contributed by atoms with Crippen LogP contribution in [-0.2, 0) is 0 Å². The number of carbonyl (C=O) groups excluding carboxylic acids is 2. The standard InChI is InChI=1S/C27H34N2O4/c1-16-21(29-25(33)17-6-10-28-11-7-17)15-22-26(2,3)8-5-9-27(22,4)23(16)24(32)18-12-19(30)14-20(31)13-18/h6-7,10-14,16,21-23,30-31H,5,8-9,15H2,1-4H3,(H,29,33)/t16-,21+,22-,23+,27-/m0/s1. The number of nitrogens with one attached hydrogen (secondary N) is 1. The van der Waals surface area contributed by atoms with Gasteiger partial charge in [-0.3, -0.25) is 14.6 Å². The Morgan fingerprint density at radius 1 is 1.00 bits per heavy atom. The molecule has 5 atom stereocenters. The largest absolute Gasteiger partial charge is 0.508 e. The number of benzene rings is 1. The molecule has 0 bridgehead atoms. The van der Waals surface area contributed by atoms with Crippen molar-refractivity contribution in [3.8, 4) is 11.5 Å². The number of amides is 1. The van der Waals surface area contributed by atoms with Crippen LogP contribution in [0.2, 0.25) is 0 Å². The predicted molar refractivity (Wildman–Crippen MR) is 126 cm³/mol. The molecule has 2 aromatic rings. The lowest BCUT2D eigenvalue weighted by Gasteiger charge is -2.60. The van der Waals surface area contributed by atoms with E-state index in [-0.39, 0.29) is 57.8 Å². The molecule has 4 rings (SSSR count). The number of phenols is 2. The van der Waals surface area contributed by atoms with Crippen LogP contribution in [0.25, 0.3) is 0 Å². The van der Waals surface area contributed by atoms with Gasteiger partial charge in [0.25, 0.3) is 5.91 Å². The van der Waals surface area contributed by atoms with E-state index in [4.69, 9.17) is 0 Å². The van der Waals surface area contributed by atoms with Gasteiger partial charge in [-0.25, -0.2) is 0 Å². The zero-order chi connectivity index (χ0) is 24.0. The zero-order valence-electron chi connectivity index (χ0n) is 19.8. The fourth-order valence-corrected chi connectivity index (χ4v) is 6.83. The molecule has 1 heterocycles. The normalized spacial score (nSPS) is 30.8. The Kier molecular flexibility index (Phi) is 5.97. The maximum absolute atomic E-state index is 13.9. The number of carbonyl (C=O) groups is 2. The van der Waals surface area contributed by atoms with Gasteiger partial charge in [0.05, 0.1) is 0 Å². The van der Waals surface area contributed by atoms with Crippen LogP contribution in [0.1, 0.15) is 74.1 Å². The molecule has 2 aliphatic carbocycles. The second-order valence-corrected chi connectivity index (χ2v) is 10.9. The van der Waals surface area contributed by atoms with Crippen LogP contribution in [0, 0.1) is 28.6 Å². The van der Waals surface area contributed by atoms with Crippen molar-refractivity contribution < 1.29 is 19.8 Å². The van der Waals surface area contributed by atoms with Crippen molar-refractivity contribution in [2.45, 2.75) is 59.4 Å². The minimum absolute atomic E-state index is 0.0340. The molecule has 6 heteroatoms. The second kappa shape index (κ2) is 8.47. The van der Waals surface area contributed by atoms with Crippen molar-refractivity contribution in [2.75, 3.05) is 0 Å². The van der Waals surface area contributed by atoms with Crippen LogP contribution in [0.3, 0.4) is 0 Å². The van der Waals surface area contributed by atoms with Crippen LogP contribution in [-0.4, -0.2) is 32.9 Å². The number of fused-ring (bicyclic) bond motifs is 1. The van der Waals surface area contributed by atoms with Crippen LogP contribution in [0.5, 0.6) is 11.5 Å². The van der Waals surface area contributed by atoms with E-state index in [0.29, 0.717) is 11.1 Å². The van der Waals surface area contributed by atoms with Crippen molar-refractivity contribution >= 4 is 11.7 Å². The molecule has 33 heavy (non-hydrogen) atoms. The number of nitrogens with zero attached hydrogens (tertiary/aromatic N) is 1. The molecule has 2 saturated carbocycles. The molecule has 0 radical (unpaired) electrons. The third-order valence-corrected chi connectivity index (χ3v) is 8.37. The molecule has 1 aromatic carbocycles. The minimum atomic E-state index is -0.347. The van der Waals surface area contributed by atoms with E-state index in [9.17, 15) is 19.8 Å². The van der Waals surface area contributed by atoms with Gasteiger partial charge in [-0.1, -0.05) is 34.1 Å². The van der Waals surface area contributed by atoms with E-state index in [1.165, 1.54) is 18.2 Å². The molecule has 0 unspecified atom stereocenters. The molecule has 176 valence electrons. The van der Waals surface area contributed by atoms with Crippen LogP contribution in [0.4, 0.5) is 0 Å². The van der Waals surface area contributed by atoms with Gasteiger partial charge in [-0.2, -0.15) is 0 Å². The van der Waals surface area contributed by atoms with Gasteiger partial charge in [0, 0.05) is 41.5 Å². The summed E-state index contributed by atoms with van der Waals surface area (Å²) < 4.78 is 0. The SMILES string of the molecule is C[C@H]1[C@H](NC(=O)c2ccncc2)C[C@H]2C(C)(C)CCC[C@]2(C)[C@H]1C(=O)c1cc(O)cc(O)c1. The highest BCUT2D eigenvalue weighted by atomic mass is 16.3. The predicted octanol–water partition coefficient (Wildman–Crippen LogP) is 4.96. The van der Waals surface area contributed by atoms with E-state index in [1.54, 1.807) is 24.5 Å². The van der Waals surface area contributed by atoms with E-state index < -0.39 is 0 Å². The average molecular weight is 451 g/mol. The summed E-state index contributed by atoms with van der Waals surface area (Å²) >= 11 is 0. The number of hydrogen-bond donors (Lipinski definition) is 3. The first-order valence-electron chi connectivity index (χ1n) is 11.8. The van der Waals surface area contributed by atoms with Gasteiger partial charge >= 0.3 is 0 Å². The molecule has 6 nitrogen and oxygen atoms in total. The van der Waals surface area contributed by atoms with E-state index in [0.717, 1.165) is 25.7 Å². The highest BCUT2D eigenvalue weighted by Crippen LogP contribution is 2.61. The fraction of sp³-hybridized carbons (Fsp3) is 0.519. The maximum Gasteiger partial charge on any atom is 0.251 e. The Hall–Kier alpha value is -2.89. The number of pyridine rings is 1. The summed E-state index contributed by atoms with van der Waals surface area (Å²) in [5.41, 5.74) is 0.659. The molecule has 1 amide bonds. The van der Waals surface area contributed by atoms with E-state index in [2.05, 4.69) is 31.1 Å². The van der Waals surface area contributed by atoms with E-state index in [1.807, 2.05) is 6.92 Å². The molecule has 1 aromatic heterocycles. The van der Waals surface area contributed by atoms with Gasteiger partial charge in [0.15, 0.2) is 5.78 Å². The molecule has 3 N–H and O–H groups in total. The molecule has 2 aliphatic rings. The zero-order valence-corrected chi connectivity index (χ0v) is 19.8. The average Bonchev–Trinajstić information content (AvgIpc) is 2.74. The molecular weight excluding hydrogens is 416 g/mol. The Bertz CT molecular complexity index is 1030. The van der Waals surface area contributed by atoms with Crippen LogP contribution < -0.4 is 5.32 Å². The van der Waals surface area contributed by atoms with Crippen LogP contribution in [0.15, 0.2) is 42.7 Å². The first-order chi connectivity index (χ1) is 15.5. The highest BCUT2D eigenvalue weighted by molar-refractivity contribution is 5.99. The number of aromatic nitrogens is 1. The van der Waals surface area contributed by atoms with Gasteiger partial charge in [-0.15, -0.1) is 0 Å². The molecular formula is C27H34N2O4. The Labute approximate surface area is 195 Å². The van der Waals surface area contributed by atoms with Crippen molar-refractivity contribution in [3.63, 3.8) is 0 Å². The van der Waals surface area contributed by atoms with Crippen molar-refractivity contribution in [2.24, 2.45) is 28.6 Å². The molecule has 0 saturated heterocycles. The van der Waals surface area contributed by atoms with Gasteiger partial charge in [-0.05, 0) is 66.2 Å². The van der Waals surface area contributed by atoms with E-state index >= 15 is 0 Å². The van der Waals surface area contributed by atoms with Crippen molar-refractivity contribution in [3.05, 3.63) is 53.9 Å². The Morgan fingerprint density at radius 2 is 1.64 bits per heavy atom. The van der Waals surface area contributed by atoms with Crippen molar-refractivity contribution in [1.82, 2.24) is 10.3 Å². The monoisotopic (exact) mass is 450 g/mol.